The van der Waals surface area contributed by atoms with E-state index in [1.165, 1.54) is 0 Å². The highest BCUT2D eigenvalue weighted by molar-refractivity contribution is 5.74. The van der Waals surface area contributed by atoms with Crippen molar-refractivity contribution in [3.63, 3.8) is 0 Å². The average molecular weight is 259 g/mol. The summed E-state index contributed by atoms with van der Waals surface area (Å²) < 4.78 is 0. The third kappa shape index (κ3) is 2.64. The Balaban J connectivity index is 1.74. The van der Waals surface area contributed by atoms with Gasteiger partial charge < -0.3 is 10.0 Å². The number of anilines is 1. The van der Waals surface area contributed by atoms with Crippen molar-refractivity contribution in [2.24, 2.45) is 0 Å². The highest BCUT2D eigenvalue weighted by atomic mass is 16.3. The molecule has 0 unspecified atom stereocenters. The van der Waals surface area contributed by atoms with E-state index in [-0.39, 0.29) is 6.61 Å². The first kappa shape index (κ1) is 12.3. The van der Waals surface area contributed by atoms with Crippen molar-refractivity contribution in [3.05, 3.63) is 24.3 Å². The van der Waals surface area contributed by atoms with Gasteiger partial charge in [0.25, 0.3) is 0 Å². The molecule has 1 aromatic heterocycles. The number of fused-ring (bicyclic) bond motifs is 1. The van der Waals surface area contributed by atoms with Crippen LogP contribution in [0, 0.1) is 0 Å². The van der Waals surface area contributed by atoms with E-state index < -0.39 is 0 Å². The summed E-state index contributed by atoms with van der Waals surface area (Å²) in [5, 5.41) is 17.3. The van der Waals surface area contributed by atoms with Gasteiger partial charge in [-0.25, -0.2) is 4.98 Å². The second-order valence-corrected chi connectivity index (χ2v) is 4.65. The molecule has 3 rings (SSSR count). The van der Waals surface area contributed by atoms with Crippen LogP contribution in [0.2, 0.25) is 0 Å². The van der Waals surface area contributed by atoms with Gasteiger partial charge in [-0.05, 0) is 12.1 Å². The molecule has 2 heterocycles. The van der Waals surface area contributed by atoms with Crippen molar-refractivity contribution in [3.8, 4) is 0 Å². The predicted molar refractivity (Wildman–Crippen MR) is 73.1 cm³/mol. The minimum atomic E-state index is 0.216. The molecule has 100 valence electrons. The number of hydrogen-bond acceptors (Lipinski definition) is 6. The van der Waals surface area contributed by atoms with E-state index in [0.717, 1.165) is 43.8 Å². The molecule has 0 radical (unpaired) electrons. The third-order valence-corrected chi connectivity index (χ3v) is 3.42. The molecular formula is C13H17N5O. The molecule has 1 aromatic carbocycles. The molecule has 1 N–H and O–H groups in total. The Labute approximate surface area is 111 Å². The van der Waals surface area contributed by atoms with Crippen molar-refractivity contribution in [1.29, 1.82) is 0 Å². The number of benzene rings is 1. The van der Waals surface area contributed by atoms with Crippen molar-refractivity contribution in [2.75, 3.05) is 44.2 Å². The normalized spacial score (nSPS) is 17.0. The number of aliphatic hydroxyl groups excluding tert-OH is 1. The van der Waals surface area contributed by atoms with E-state index in [2.05, 4.69) is 25.0 Å². The maximum Gasteiger partial charge on any atom is 0.246 e. The molecule has 6 heteroatoms. The second-order valence-electron chi connectivity index (χ2n) is 4.65. The Morgan fingerprint density at radius 1 is 1.00 bits per heavy atom. The van der Waals surface area contributed by atoms with Gasteiger partial charge in [-0.2, -0.15) is 0 Å². The first-order valence-corrected chi connectivity index (χ1v) is 6.54. The molecule has 6 nitrogen and oxygen atoms in total. The van der Waals surface area contributed by atoms with Crippen LogP contribution in [0.3, 0.4) is 0 Å². The topological polar surface area (TPSA) is 65.4 Å². The van der Waals surface area contributed by atoms with Crippen LogP contribution < -0.4 is 4.90 Å². The number of rotatable bonds is 3. The van der Waals surface area contributed by atoms with Crippen LogP contribution in [-0.2, 0) is 0 Å². The second kappa shape index (κ2) is 5.46. The summed E-state index contributed by atoms with van der Waals surface area (Å²) in [4.78, 5) is 8.94. The summed E-state index contributed by atoms with van der Waals surface area (Å²) in [7, 11) is 0. The van der Waals surface area contributed by atoms with Crippen LogP contribution in [0.5, 0.6) is 0 Å². The van der Waals surface area contributed by atoms with Crippen molar-refractivity contribution in [1.82, 2.24) is 20.1 Å². The molecule has 1 aliphatic heterocycles. The zero-order valence-electron chi connectivity index (χ0n) is 10.7. The Bertz CT molecular complexity index is 553. The molecular weight excluding hydrogens is 242 g/mol. The summed E-state index contributed by atoms with van der Waals surface area (Å²) in [6.45, 7) is 4.56. The van der Waals surface area contributed by atoms with Crippen LogP contribution in [-0.4, -0.2) is 64.5 Å². The van der Waals surface area contributed by atoms with E-state index in [0.29, 0.717) is 5.95 Å². The van der Waals surface area contributed by atoms with Crippen molar-refractivity contribution >= 4 is 17.0 Å². The lowest BCUT2D eigenvalue weighted by Crippen LogP contribution is -2.47. The standard InChI is InChI=1S/C13H17N5O/c19-10-9-17-5-7-18(8-6-17)13-14-11-3-1-2-4-12(11)15-16-13/h1-4,19H,5-10H2. The monoisotopic (exact) mass is 259 g/mol. The Morgan fingerprint density at radius 2 is 1.74 bits per heavy atom. The van der Waals surface area contributed by atoms with Gasteiger partial charge >= 0.3 is 0 Å². The summed E-state index contributed by atoms with van der Waals surface area (Å²) >= 11 is 0. The number of nitrogens with zero attached hydrogens (tertiary/aromatic N) is 5. The predicted octanol–water partition coefficient (Wildman–Crippen LogP) is 0.139. The number of para-hydroxylation sites is 1. The minimum absolute atomic E-state index is 0.216. The Hall–Kier alpha value is -1.79. The number of aliphatic hydroxyl groups is 1. The molecule has 19 heavy (non-hydrogen) atoms. The van der Waals surface area contributed by atoms with Gasteiger partial charge in [0.05, 0.1) is 12.1 Å². The van der Waals surface area contributed by atoms with Gasteiger partial charge in [-0.3, -0.25) is 4.90 Å². The van der Waals surface area contributed by atoms with Crippen molar-refractivity contribution in [2.45, 2.75) is 0 Å². The van der Waals surface area contributed by atoms with Gasteiger partial charge in [0.1, 0.15) is 5.52 Å². The average Bonchev–Trinajstić information content (AvgIpc) is 2.48. The lowest BCUT2D eigenvalue weighted by atomic mass is 10.3. The molecule has 0 amide bonds. The molecule has 0 saturated carbocycles. The quantitative estimate of drug-likeness (QED) is 0.846. The van der Waals surface area contributed by atoms with Crippen LogP contribution in [0.4, 0.5) is 5.95 Å². The van der Waals surface area contributed by atoms with Gasteiger partial charge in [0.15, 0.2) is 0 Å². The van der Waals surface area contributed by atoms with E-state index in [1.807, 2.05) is 24.3 Å². The maximum absolute atomic E-state index is 8.93. The van der Waals surface area contributed by atoms with Crippen molar-refractivity contribution < 1.29 is 5.11 Å². The fourth-order valence-electron chi connectivity index (χ4n) is 2.32. The molecule has 1 aliphatic rings. The van der Waals surface area contributed by atoms with Gasteiger partial charge in [-0.1, -0.05) is 12.1 Å². The molecule has 2 aromatic rings. The van der Waals surface area contributed by atoms with E-state index >= 15 is 0 Å². The fourth-order valence-corrected chi connectivity index (χ4v) is 2.32. The summed E-state index contributed by atoms with van der Waals surface area (Å²) in [5.74, 6) is 0.697. The highest BCUT2D eigenvalue weighted by Gasteiger charge is 2.18. The lowest BCUT2D eigenvalue weighted by molar-refractivity contribution is 0.188. The van der Waals surface area contributed by atoms with E-state index in [4.69, 9.17) is 5.11 Å². The maximum atomic E-state index is 8.93. The largest absolute Gasteiger partial charge is 0.395 e. The fraction of sp³-hybridized carbons (Fsp3) is 0.462. The highest BCUT2D eigenvalue weighted by Crippen LogP contribution is 2.14. The van der Waals surface area contributed by atoms with Crippen LogP contribution in [0.15, 0.2) is 24.3 Å². The number of piperazine rings is 1. The molecule has 0 atom stereocenters. The van der Waals surface area contributed by atoms with Crippen LogP contribution in [0.25, 0.3) is 11.0 Å². The smallest absolute Gasteiger partial charge is 0.246 e. The molecule has 1 fully saturated rings. The molecule has 0 bridgehead atoms. The van der Waals surface area contributed by atoms with E-state index in [1.54, 1.807) is 0 Å². The summed E-state index contributed by atoms with van der Waals surface area (Å²) in [6, 6.07) is 7.76. The minimum Gasteiger partial charge on any atom is -0.395 e. The third-order valence-electron chi connectivity index (χ3n) is 3.42. The van der Waals surface area contributed by atoms with Gasteiger partial charge in [0.2, 0.25) is 5.95 Å². The lowest BCUT2D eigenvalue weighted by Gasteiger charge is -2.34. The summed E-state index contributed by atoms with van der Waals surface area (Å²) in [5.41, 5.74) is 1.70. The zero-order chi connectivity index (χ0) is 13.1. The van der Waals surface area contributed by atoms with Gasteiger partial charge in [0, 0.05) is 32.7 Å². The first-order valence-electron chi connectivity index (χ1n) is 6.54. The molecule has 1 saturated heterocycles. The number of β-amino-alcohol motifs (C(OH)–C–C–N with tert-alkyl or cyclic N) is 1. The molecule has 0 spiro atoms. The van der Waals surface area contributed by atoms with E-state index in [9.17, 15) is 0 Å². The van der Waals surface area contributed by atoms with Gasteiger partial charge in [-0.15, -0.1) is 10.2 Å². The number of hydrogen-bond donors (Lipinski definition) is 1. The zero-order valence-corrected chi connectivity index (χ0v) is 10.7. The first-order chi connectivity index (χ1) is 9.36. The Morgan fingerprint density at radius 3 is 2.47 bits per heavy atom. The van der Waals surface area contributed by atoms with Crippen LogP contribution >= 0.6 is 0 Å². The number of aromatic nitrogens is 3. The Kier molecular flexibility index (Phi) is 3.52. The van der Waals surface area contributed by atoms with Crippen LogP contribution in [0.1, 0.15) is 0 Å². The SMILES string of the molecule is OCCN1CCN(c2nnc3ccccc3n2)CC1. The molecule has 0 aliphatic carbocycles. The summed E-state index contributed by atoms with van der Waals surface area (Å²) in [6.07, 6.45) is 0.